The predicted octanol–water partition coefficient (Wildman–Crippen LogP) is 3.57. The van der Waals surface area contributed by atoms with E-state index in [1.54, 1.807) is 12.3 Å². The van der Waals surface area contributed by atoms with Gasteiger partial charge in [0.05, 0.1) is 6.54 Å². The first-order chi connectivity index (χ1) is 15.2. The lowest BCUT2D eigenvalue weighted by atomic mass is 10.1. The van der Waals surface area contributed by atoms with E-state index in [4.69, 9.17) is 4.42 Å². The highest BCUT2D eigenvalue weighted by atomic mass is 32.1. The van der Waals surface area contributed by atoms with Crippen molar-refractivity contribution in [3.05, 3.63) is 35.5 Å². The number of rotatable bonds is 9. The highest BCUT2D eigenvalue weighted by Crippen LogP contribution is 2.26. The Morgan fingerprint density at radius 1 is 1.23 bits per heavy atom. The Morgan fingerprint density at radius 3 is 2.84 bits per heavy atom. The molecule has 0 aliphatic carbocycles. The number of furan rings is 1. The van der Waals surface area contributed by atoms with Crippen LogP contribution in [-0.2, 0) is 4.79 Å². The van der Waals surface area contributed by atoms with Crippen molar-refractivity contribution in [2.24, 2.45) is 0 Å². The predicted molar refractivity (Wildman–Crippen MR) is 122 cm³/mol. The standard InChI is InChI=1S/C22H28N6O2S/c1-16-6-7-18(30-16)21-25-17(22-24-9-13-31-22)14-19(27-21)26-20(29)15-23-8-5-12-28-10-3-2-4-11-28/h6-7,9,13-14,23H,2-5,8,10-12,15H2,1H3,(H,25,26,27,29). The number of amides is 1. The number of nitrogens with one attached hydrogen (secondary N) is 2. The number of carbonyl (C=O) groups excluding carboxylic acids is 1. The third-order valence-electron chi connectivity index (χ3n) is 5.17. The molecule has 0 radical (unpaired) electrons. The van der Waals surface area contributed by atoms with Gasteiger partial charge in [0.2, 0.25) is 5.91 Å². The lowest BCUT2D eigenvalue weighted by Gasteiger charge is -2.26. The number of carbonyl (C=O) groups is 1. The Morgan fingerprint density at radius 2 is 2.10 bits per heavy atom. The van der Waals surface area contributed by atoms with Gasteiger partial charge in [-0.15, -0.1) is 11.3 Å². The zero-order valence-corrected chi connectivity index (χ0v) is 18.6. The van der Waals surface area contributed by atoms with Crippen LogP contribution in [0.5, 0.6) is 0 Å². The van der Waals surface area contributed by atoms with Crippen molar-refractivity contribution in [2.45, 2.75) is 32.6 Å². The summed E-state index contributed by atoms with van der Waals surface area (Å²) in [6, 6.07) is 5.43. The molecule has 0 aromatic carbocycles. The van der Waals surface area contributed by atoms with Crippen LogP contribution in [0.15, 0.2) is 34.2 Å². The van der Waals surface area contributed by atoms with Gasteiger partial charge in [-0.05, 0) is 64.5 Å². The van der Waals surface area contributed by atoms with Gasteiger partial charge in [0, 0.05) is 17.6 Å². The van der Waals surface area contributed by atoms with E-state index in [0.29, 0.717) is 23.1 Å². The summed E-state index contributed by atoms with van der Waals surface area (Å²) >= 11 is 1.48. The molecule has 1 saturated heterocycles. The molecule has 0 unspecified atom stereocenters. The van der Waals surface area contributed by atoms with Crippen LogP contribution in [0.2, 0.25) is 0 Å². The fourth-order valence-corrected chi connectivity index (χ4v) is 4.23. The highest BCUT2D eigenvalue weighted by molar-refractivity contribution is 7.13. The largest absolute Gasteiger partial charge is 0.458 e. The molecule has 31 heavy (non-hydrogen) atoms. The summed E-state index contributed by atoms with van der Waals surface area (Å²) in [6.07, 6.45) is 6.72. The Labute approximate surface area is 186 Å². The van der Waals surface area contributed by atoms with Gasteiger partial charge in [-0.1, -0.05) is 6.42 Å². The lowest BCUT2D eigenvalue weighted by Crippen LogP contribution is -2.34. The quantitative estimate of drug-likeness (QED) is 0.491. The van der Waals surface area contributed by atoms with Crippen molar-refractivity contribution in [1.82, 2.24) is 25.2 Å². The van der Waals surface area contributed by atoms with E-state index in [0.717, 1.165) is 30.3 Å². The number of likely N-dealkylation sites (tertiary alicyclic amines) is 1. The molecule has 3 aromatic rings. The summed E-state index contributed by atoms with van der Waals surface area (Å²) < 4.78 is 5.67. The third kappa shape index (κ3) is 6.19. The van der Waals surface area contributed by atoms with Gasteiger partial charge in [0.1, 0.15) is 22.3 Å². The summed E-state index contributed by atoms with van der Waals surface area (Å²) in [4.78, 5) is 28.3. The van der Waals surface area contributed by atoms with Crippen molar-refractivity contribution < 1.29 is 9.21 Å². The minimum absolute atomic E-state index is 0.136. The van der Waals surface area contributed by atoms with Crippen LogP contribution in [0, 0.1) is 6.92 Å². The van der Waals surface area contributed by atoms with Crippen LogP contribution < -0.4 is 10.6 Å². The minimum atomic E-state index is -0.136. The average molecular weight is 441 g/mol. The Kier molecular flexibility index (Phi) is 7.39. The molecule has 0 saturated carbocycles. The van der Waals surface area contributed by atoms with Gasteiger partial charge in [-0.25, -0.2) is 15.0 Å². The van der Waals surface area contributed by atoms with Gasteiger partial charge >= 0.3 is 0 Å². The smallest absolute Gasteiger partial charge is 0.239 e. The van der Waals surface area contributed by atoms with Crippen LogP contribution in [0.1, 0.15) is 31.4 Å². The lowest BCUT2D eigenvalue weighted by molar-refractivity contribution is -0.115. The second kappa shape index (κ2) is 10.6. The first-order valence-corrected chi connectivity index (χ1v) is 11.6. The van der Waals surface area contributed by atoms with Crippen molar-refractivity contribution in [3.8, 4) is 22.3 Å². The molecular formula is C22H28N6O2S. The molecule has 2 N–H and O–H groups in total. The zero-order chi connectivity index (χ0) is 21.5. The van der Waals surface area contributed by atoms with Crippen LogP contribution in [0.3, 0.4) is 0 Å². The molecule has 1 amide bonds. The maximum absolute atomic E-state index is 12.4. The molecule has 4 heterocycles. The van der Waals surface area contributed by atoms with Gasteiger partial charge < -0.3 is 20.0 Å². The molecule has 0 atom stereocenters. The van der Waals surface area contributed by atoms with E-state index < -0.39 is 0 Å². The summed E-state index contributed by atoms with van der Waals surface area (Å²) in [6.45, 7) is 6.42. The molecule has 8 nitrogen and oxygen atoms in total. The fourth-order valence-electron chi connectivity index (χ4n) is 3.64. The summed E-state index contributed by atoms with van der Waals surface area (Å²) in [7, 11) is 0. The number of piperidine rings is 1. The maximum Gasteiger partial charge on any atom is 0.239 e. The van der Waals surface area contributed by atoms with Crippen LogP contribution >= 0.6 is 11.3 Å². The summed E-state index contributed by atoms with van der Waals surface area (Å²) in [5, 5.41) is 8.75. The fraction of sp³-hybridized carbons (Fsp3) is 0.455. The zero-order valence-electron chi connectivity index (χ0n) is 17.8. The van der Waals surface area contributed by atoms with Crippen LogP contribution in [-0.4, -0.2) is 58.5 Å². The molecule has 164 valence electrons. The second-order valence-electron chi connectivity index (χ2n) is 7.69. The van der Waals surface area contributed by atoms with E-state index in [2.05, 4.69) is 30.5 Å². The summed E-state index contributed by atoms with van der Waals surface area (Å²) in [5.74, 6) is 2.05. The SMILES string of the molecule is Cc1ccc(-c2nc(NC(=O)CNCCCN3CCCCC3)cc(-c3nccs3)n2)o1. The first-order valence-electron chi connectivity index (χ1n) is 10.8. The van der Waals surface area contributed by atoms with Crippen LogP contribution in [0.25, 0.3) is 22.3 Å². The Bertz CT molecular complexity index is 982. The molecule has 1 aliphatic heterocycles. The maximum atomic E-state index is 12.4. The van der Waals surface area contributed by atoms with Crippen molar-refractivity contribution >= 4 is 23.1 Å². The number of thiazole rings is 1. The number of hydrogen-bond donors (Lipinski definition) is 2. The van der Waals surface area contributed by atoms with Gasteiger partial charge in [-0.3, -0.25) is 4.79 Å². The first kappa shape index (κ1) is 21.6. The average Bonchev–Trinajstić information content (AvgIpc) is 3.46. The Hall–Kier alpha value is -2.62. The van der Waals surface area contributed by atoms with Gasteiger partial charge in [0.25, 0.3) is 0 Å². The van der Waals surface area contributed by atoms with Crippen molar-refractivity contribution in [1.29, 1.82) is 0 Å². The molecule has 1 fully saturated rings. The Balaban J connectivity index is 1.34. The normalized spacial score (nSPS) is 14.6. The van der Waals surface area contributed by atoms with E-state index in [-0.39, 0.29) is 12.5 Å². The van der Waals surface area contributed by atoms with Crippen LogP contribution in [0.4, 0.5) is 5.82 Å². The van der Waals surface area contributed by atoms with E-state index >= 15 is 0 Å². The number of anilines is 1. The topological polar surface area (TPSA) is 96.2 Å². The third-order valence-corrected chi connectivity index (χ3v) is 5.96. The molecule has 1 aliphatic rings. The number of aryl methyl sites for hydroxylation is 1. The van der Waals surface area contributed by atoms with Crippen molar-refractivity contribution in [2.75, 3.05) is 38.0 Å². The second-order valence-corrected chi connectivity index (χ2v) is 8.58. The number of aromatic nitrogens is 3. The van der Waals surface area contributed by atoms with E-state index in [1.165, 1.54) is 43.7 Å². The number of nitrogens with zero attached hydrogens (tertiary/aromatic N) is 4. The van der Waals surface area contributed by atoms with Gasteiger partial charge in [-0.2, -0.15) is 0 Å². The highest BCUT2D eigenvalue weighted by Gasteiger charge is 2.14. The number of hydrogen-bond acceptors (Lipinski definition) is 8. The summed E-state index contributed by atoms with van der Waals surface area (Å²) in [5.41, 5.74) is 0.652. The van der Waals surface area contributed by atoms with Gasteiger partial charge in [0.15, 0.2) is 11.6 Å². The molecular weight excluding hydrogens is 412 g/mol. The molecule has 3 aromatic heterocycles. The molecule has 0 bridgehead atoms. The van der Waals surface area contributed by atoms with Crippen molar-refractivity contribution in [3.63, 3.8) is 0 Å². The minimum Gasteiger partial charge on any atom is -0.458 e. The van der Waals surface area contributed by atoms with E-state index in [9.17, 15) is 4.79 Å². The molecule has 4 rings (SSSR count). The monoisotopic (exact) mass is 440 g/mol. The molecule has 9 heteroatoms. The molecule has 0 spiro atoms. The van der Waals surface area contributed by atoms with E-state index in [1.807, 2.05) is 24.4 Å².